The van der Waals surface area contributed by atoms with Crippen molar-refractivity contribution in [2.75, 3.05) is 25.5 Å². The summed E-state index contributed by atoms with van der Waals surface area (Å²) < 4.78 is 5.59. The number of likely N-dealkylation sites (tertiary alicyclic amines) is 1. The summed E-state index contributed by atoms with van der Waals surface area (Å²) in [6, 6.07) is 5.98. The molecule has 6 nitrogen and oxygen atoms in total. The summed E-state index contributed by atoms with van der Waals surface area (Å²) in [5, 5.41) is 5.60. The lowest BCUT2D eigenvalue weighted by Gasteiger charge is -2.32. The second kappa shape index (κ2) is 7.21. The number of anilines is 1. The van der Waals surface area contributed by atoms with Crippen LogP contribution in [0.25, 0.3) is 0 Å². The zero-order chi connectivity index (χ0) is 17.1. The summed E-state index contributed by atoms with van der Waals surface area (Å²) in [5.74, 6) is 1.25. The molecule has 1 aromatic carbocycles. The lowest BCUT2D eigenvalue weighted by atomic mass is 9.93. The average Bonchev–Trinajstić information content (AvgIpc) is 2.58. The Hall–Kier alpha value is -2.08. The minimum atomic E-state index is -0.442. The minimum Gasteiger partial charge on any atom is -0.479 e. The summed E-state index contributed by atoms with van der Waals surface area (Å²) in [6.45, 7) is 4.60. The molecule has 24 heavy (non-hydrogen) atoms. The second-order valence-corrected chi connectivity index (χ2v) is 6.68. The standard InChI is InChI=1S/C18H25N3O3/c1-12-18(23)20-15-9-14(3-4-16(15)24-12)11-21-7-5-13(6-8-21)10-17(22)19-2/h3-4,9,12-13H,5-8,10-11H2,1-2H3,(H,19,22)(H,20,23). The van der Waals surface area contributed by atoms with E-state index in [2.05, 4.69) is 21.6 Å². The van der Waals surface area contributed by atoms with E-state index in [0.29, 0.717) is 12.3 Å². The summed E-state index contributed by atoms with van der Waals surface area (Å²) >= 11 is 0. The van der Waals surface area contributed by atoms with Gasteiger partial charge in [-0.3, -0.25) is 14.5 Å². The molecule has 2 amide bonds. The van der Waals surface area contributed by atoms with E-state index in [-0.39, 0.29) is 11.8 Å². The van der Waals surface area contributed by atoms with Crippen molar-refractivity contribution in [3.8, 4) is 5.75 Å². The molecule has 1 unspecified atom stereocenters. The van der Waals surface area contributed by atoms with Crippen LogP contribution in [-0.4, -0.2) is 43.0 Å². The molecule has 2 heterocycles. The Morgan fingerprint density at radius 2 is 2.12 bits per heavy atom. The van der Waals surface area contributed by atoms with Crippen LogP contribution in [0.4, 0.5) is 5.69 Å². The maximum Gasteiger partial charge on any atom is 0.265 e. The number of hydrogen-bond donors (Lipinski definition) is 2. The van der Waals surface area contributed by atoms with Gasteiger partial charge in [0.2, 0.25) is 5.91 Å². The molecule has 2 N–H and O–H groups in total. The normalized spacial score (nSPS) is 21.6. The molecular formula is C18H25N3O3. The predicted octanol–water partition coefficient (Wildman–Crippen LogP) is 1.75. The number of piperidine rings is 1. The highest BCUT2D eigenvalue weighted by Gasteiger charge is 2.24. The van der Waals surface area contributed by atoms with E-state index in [1.54, 1.807) is 14.0 Å². The van der Waals surface area contributed by atoms with Gasteiger partial charge in [-0.05, 0) is 56.5 Å². The van der Waals surface area contributed by atoms with E-state index in [1.807, 2.05) is 12.1 Å². The van der Waals surface area contributed by atoms with E-state index >= 15 is 0 Å². The quantitative estimate of drug-likeness (QED) is 0.882. The van der Waals surface area contributed by atoms with Crippen molar-refractivity contribution in [1.29, 1.82) is 0 Å². The Balaban J connectivity index is 1.55. The summed E-state index contributed by atoms with van der Waals surface area (Å²) in [5.41, 5.74) is 1.92. The van der Waals surface area contributed by atoms with Crippen LogP contribution in [0, 0.1) is 5.92 Å². The number of fused-ring (bicyclic) bond motifs is 1. The van der Waals surface area contributed by atoms with E-state index in [9.17, 15) is 9.59 Å². The first-order valence-electron chi connectivity index (χ1n) is 8.58. The van der Waals surface area contributed by atoms with Crippen molar-refractivity contribution in [2.24, 2.45) is 5.92 Å². The highest BCUT2D eigenvalue weighted by atomic mass is 16.5. The smallest absolute Gasteiger partial charge is 0.265 e. The minimum absolute atomic E-state index is 0.102. The fraction of sp³-hybridized carbons (Fsp3) is 0.556. The molecule has 1 atom stereocenters. The lowest BCUT2D eigenvalue weighted by molar-refractivity contribution is -0.123. The third-order valence-corrected chi connectivity index (χ3v) is 4.84. The van der Waals surface area contributed by atoms with Gasteiger partial charge in [0.05, 0.1) is 5.69 Å². The van der Waals surface area contributed by atoms with Gasteiger partial charge in [-0.25, -0.2) is 0 Å². The summed E-state index contributed by atoms with van der Waals surface area (Å²) in [6.07, 6.45) is 2.29. The van der Waals surface area contributed by atoms with Crippen molar-refractivity contribution in [3.05, 3.63) is 23.8 Å². The fourth-order valence-electron chi connectivity index (χ4n) is 3.33. The molecule has 3 rings (SSSR count). The van der Waals surface area contributed by atoms with Crippen molar-refractivity contribution < 1.29 is 14.3 Å². The zero-order valence-corrected chi connectivity index (χ0v) is 14.3. The molecular weight excluding hydrogens is 306 g/mol. The molecule has 1 fully saturated rings. The Kier molecular flexibility index (Phi) is 5.04. The van der Waals surface area contributed by atoms with Gasteiger partial charge in [0.25, 0.3) is 5.91 Å². The molecule has 6 heteroatoms. The molecule has 0 aliphatic carbocycles. The maximum absolute atomic E-state index is 11.7. The molecule has 130 valence electrons. The second-order valence-electron chi connectivity index (χ2n) is 6.68. The number of hydrogen-bond acceptors (Lipinski definition) is 4. The monoisotopic (exact) mass is 331 g/mol. The van der Waals surface area contributed by atoms with Crippen LogP contribution in [0.2, 0.25) is 0 Å². The highest BCUT2D eigenvalue weighted by Crippen LogP contribution is 2.31. The van der Waals surface area contributed by atoms with Gasteiger partial charge in [-0.2, -0.15) is 0 Å². The summed E-state index contributed by atoms with van der Waals surface area (Å²) in [4.78, 5) is 25.6. The molecule has 1 aromatic rings. The zero-order valence-electron chi connectivity index (χ0n) is 14.3. The van der Waals surface area contributed by atoms with Gasteiger partial charge in [-0.15, -0.1) is 0 Å². The van der Waals surface area contributed by atoms with E-state index < -0.39 is 6.10 Å². The first-order valence-corrected chi connectivity index (χ1v) is 8.58. The van der Waals surface area contributed by atoms with E-state index in [1.165, 1.54) is 0 Å². The number of benzene rings is 1. The van der Waals surface area contributed by atoms with Crippen LogP contribution >= 0.6 is 0 Å². The van der Waals surface area contributed by atoms with Crippen LogP contribution < -0.4 is 15.4 Å². The van der Waals surface area contributed by atoms with Crippen molar-refractivity contribution in [1.82, 2.24) is 10.2 Å². The van der Waals surface area contributed by atoms with Gasteiger partial charge >= 0.3 is 0 Å². The molecule has 2 aliphatic rings. The molecule has 1 saturated heterocycles. The van der Waals surface area contributed by atoms with Crippen LogP contribution in [0.1, 0.15) is 31.7 Å². The number of carbonyl (C=O) groups excluding carboxylic acids is 2. The Morgan fingerprint density at radius 1 is 1.38 bits per heavy atom. The Morgan fingerprint density at radius 3 is 2.83 bits per heavy atom. The average molecular weight is 331 g/mol. The predicted molar refractivity (Wildman–Crippen MR) is 91.8 cm³/mol. The van der Waals surface area contributed by atoms with Crippen LogP contribution in [0.3, 0.4) is 0 Å². The molecule has 0 bridgehead atoms. The van der Waals surface area contributed by atoms with Crippen molar-refractivity contribution in [3.63, 3.8) is 0 Å². The third-order valence-electron chi connectivity index (χ3n) is 4.84. The van der Waals surface area contributed by atoms with Crippen LogP contribution in [0.5, 0.6) is 5.75 Å². The molecule has 0 aromatic heterocycles. The van der Waals surface area contributed by atoms with Gasteiger partial charge in [0, 0.05) is 20.0 Å². The van der Waals surface area contributed by atoms with Gasteiger partial charge in [0.15, 0.2) is 6.10 Å². The molecule has 0 spiro atoms. The lowest BCUT2D eigenvalue weighted by Crippen LogP contribution is -2.35. The molecule has 0 saturated carbocycles. The first kappa shape index (κ1) is 16.8. The van der Waals surface area contributed by atoms with Gasteiger partial charge in [0.1, 0.15) is 5.75 Å². The number of ether oxygens (including phenoxy) is 1. The maximum atomic E-state index is 11.7. The summed E-state index contributed by atoms with van der Waals surface area (Å²) in [7, 11) is 1.69. The number of carbonyl (C=O) groups is 2. The largest absolute Gasteiger partial charge is 0.479 e. The molecule has 2 aliphatic heterocycles. The Bertz CT molecular complexity index is 624. The number of nitrogens with zero attached hydrogens (tertiary/aromatic N) is 1. The first-order chi connectivity index (χ1) is 11.5. The van der Waals surface area contributed by atoms with Crippen molar-refractivity contribution in [2.45, 2.75) is 38.8 Å². The topological polar surface area (TPSA) is 70.7 Å². The molecule has 0 radical (unpaired) electrons. The number of amides is 2. The number of rotatable bonds is 4. The van der Waals surface area contributed by atoms with Gasteiger partial charge in [-0.1, -0.05) is 6.07 Å². The van der Waals surface area contributed by atoms with Gasteiger partial charge < -0.3 is 15.4 Å². The third kappa shape index (κ3) is 3.87. The van der Waals surface area contributed by atoms with E-state index in [4.69, 9.17) is 4.74 Å². The Labute approximate surface area is 142 Å². The van der Waals surface area contributed by atoms with Crippen molar-refractivity contribution >= 4 is 17.5 Å². The van der Waals surface area contributed by atoms with E-state index in [0.717, 1.165) is 49.5 Å². The van der Waals surface area contributed by atoms with Crippen LogP contribution in [-0.2, 0) is 16.1 Å². The fourth-order valence-corrected chi connectivity index (χ4v) is 3.33. The SMILES string of the molecule is CNC(=O)CC1CCN(Cc2ccc3c(c2)NC(=O)C(C)O3)CC1. The van der Waals surface area contributed by atoms with Crippen LogP contribution in [0.15, 0.2) is 18.2 Å². The number of nitrogens with one attached hydrogen (secondary N) is 2. The highest BCUT2D eigenvalue weighted by molar-refractivity contribution is 5.97.